The van der Waals surface area contributed by atoms with Crippen LogP contribution in [0.15, 0.2) is 16.7 Å². The van der Waals surface area contributed by atoms with Gasteiger partial charge in [-0.2, -0.15) is 0 Å². The monoisotopic (exact) mass is 255 g/mol. The molecule has 0 aliphatic rings. The van der Waals surface area contributed by atoms with Crippen molar-refractivity contribution in [1.82, 2.24) is 4.98 Å². The Morgan fingerprint density at radius 2 is 2.08 bits per heavy atom. The number of rotatable bonds is 1. The molecule has 0 saturated carbocycles. The van der Waals surface area contributed by atoms with E-state index >= 15 is 0 Å². The zero-order valence-corrected chi connectivity index (χ0v) is 8.11. The van der Waals surface area contributed by atoms with Crippen molar-refractivity contribution in [3.05, 3.63) is 22.3 Å². The minimum atomic E-state index is -4.69. The van der Waals surface area contributed by atoms with Crippen LogP contribution >= 0.6 is 15.9 Å². The Hall–Kier alpha value is -0.780. The lowest BCUT2D eigenvalue weighted by atomic mass is 10.3. The molecule has 72 valence electrons. The lowest BCUT2D eigenvalue weighted by Crippen LogP contribution is -2.17. The molecule has 6 heteroatoms. The second-order valence-electron chi connectivity index (χ2n) is 2.32. The van der Waals surface area contributed by atoms with Gasteiger partial charge in [0.1, 0.15) is 0 Å². The van der Waals surface area contributed by atoms with E-state index in [1.54, 1.807) is 6.92 Å². The molecule has 0 saturated heterocycles. The molecule has 13 heavy (non-hydrogen) atoms. The highest BCUT2D eigenvalue weighted by Crippen LogP contribution is 2.24. The smallest absolute Gasteiger partial charge is 0.388 e. The Bertz CT molecular complexity index is 313. The van der Waals surface area contributed by atoms with E-state index in [0.29, 0.717) is 10.0 Å². The zero-order valence-electron chi connectivity index (χ0n) is 6.52. The van der Waals surface area contributed by atoms with Crippen LogP contribution in [0.4, 0.5) is 13.2 Å². The van der Waals surface area contributed by atoms with Crippen molar-refractivity contribution in [3.8, 4) is 5.88 Å². The van der Waals surface area contributed by atoms with Crippen molar-refractivity contribution < 1.29 is 17.9 Å². The van der Waals surface area contributed by atoms with Gasteiger partial charge in [-0.15, -0.1) is 13.2 Å². The molecular formula is C7H5BrF3NO. The molecule has 0 radical (unpaired) electrons. The van der Waals surface area contributed by atoms with Crippen LogP contribution in [-0.4, -0.2) is 11.3 Å². The first-order chi connectivity index (χ1) is 5.88. The second-order valence-corrected chi connectivity index (χ2v) is 3.17. The van der Waals surface area contributed by atoms with Crippen LogP contribution in [0, 0.1) is 6.92 Å². The molecule has 1 aromatic rings. The van der Waals surface area contributed by atoms with Gasteiger partial charge in [-0.1, -0.05) is 0 Å². The first-order valence-electron chi connectivity index (χ1n) is 3.26. The standard InChI is InChI=1S/C7H5BrF3NO/c1-4-2-6(12-3-5(4)8)13-7(9,10)11/h2-3H,1H3. The van der Waals surface area contributed by atoms with Crippen molar-refractivity contribution in [2.24, 2.45) is 0 Å². The van der Waals surface area contributed by atoms with Crippen LogP contribution in [-0.2, 0) is 0 Å². The van der Waals surface area contributed by atoms with Crippen LogP contribution in [0.5, 0.6) is 5.88 Å². The Labute approximate surface area is 80.9 Å². The number of ether oxygens (including phenoxy) is 1. The molecule has 0 atom stereocenters. The lowest BCUT2D eigenvalue weighted by Gasteiger charge is -2.08. The summed E-state index contributed by atoms with van der Waals surface area (Å²) in [6.45, 7) is 1.65. The van der Waals surface area contributed by atoms with E-state index in [9.17, 15) is 13.2 Å². The first-order valence-corrected chi connectivity index (χ1v) is 4.06. The summed E-state index contributed by atoms with van der Waals surface area (Å²) in [6, 6.07) is 1.21. The number of halogens is 4. The van der Waals surface area contributed by atoms with Gasteiger partial charge in [0.25, 0.3) is 0 Å². The van der Waals surface area contributed by atoms with Crippen LogP contribution in [0.25, 0.3) is 0 Å². The number of hydrogen-bond acceptors (Lipinski definition) is 2. The lowest BCUT2D eigenvalue weighted by molar-refractivity contribution is -0.276. The summed E-state index contributed by atoms with van der Waals surface area (Å²) >= 11 is 3.11. The van der Waals surface area contributed by atoms with E-state index in [0.717, 1.165) is 0 Å². The van der Waals surface area contributed by atoms with E-state index < -0.39 is 12.2 Å². The largest absolute Gasteiger partial charge is 0.574 e. The van der Waals surface area contributed by atoms with Crippen LogP contribution < -0.4 is 4.74 Å². The molecule has 2 nitrogen and oxygen atoms in total. The summed E-state index contributed by atoms with van der Waals surface area (Å²) in [5, 5.41) is 0. The SMILES string of the molecule is Cc1cc(OC(F)(F)F)ncc1Br. The Morgan fingerprint density at radius 3 is 2.54 bits per heavy atom. The topological polar surface area (TPSA) is 22.1 Å². The number of alkyl halides is 3. The van der Waals surface area contributed by atoms with Gasteiger partial charge in [-0.3, -0.25) is 0 Å². The normalized spacial score (nSPS) is 11.5. The molecule has 0 aromatic carbocycles. The van der Waals surface area contributed by atoms with Gasteiger partial charge in [0.15, 0.2) is 0 Å². The summed E-state index contributed by atoms with van der Waals surface area (Å²) in [6.07, 6.45) is -3.43. The van der Waals surface area contributed by atoms with Crippen LogP contribution in [0.3, 0.4) is 0 Å². The maximum atomic E-state index is 11.7. The maximum Gasteiger partial charge on any atom is 0.574 e. The maximum absolute atomic E-state index is 11.7. The minimum Gasteiger partial charge on any atom is -0.388 e. The van der Waals surface area contributed by atoms with Gasteiger partial charge >= 0.3 is 6.36 Å². The van der Waals surface area contributed by atoms with Gasteiger partial charge in [-0.05, 0) is 28.4 Å². The summed E-state index contributed by atoms with van der Waals surface area (Å²) in [4.78, 5) is 3.44. The van der Waals surface area contributed by atoms with Crippen LogP contribution in [0.2, 0.25) is 0 Å². The molecule has 1 heterocycles. The van der Waals surface area contributed by atoms with E-state index in [2.05, 4.69) is 25.7 Å². The highest BCUT2D eigenvalue weighted by atomic mass is 79.9. The predicted octanol–water partition coefficient (Wildman–Crippen LogP) is 3.05. The number of pyridine rings is 1. The molecule has 0 amide bonds. The molecule has 0 bridgehead atoms. The highest BCUT2D eigenvalue weighted by Gasteiger charge is 2.31. The number of hydrogen-bond donors (Lipinski definition) is 0. The molecular weight excluding hydrogens is 251 g/mol. The minimum absolute atomic E-state index is 0.451. The molecule has 1 rings (SSSR count). The molecule has 1 aromatic heterocycles. The third-order valence-electron chi connectivity index (χ3n) is 1.24. The van der Waals surface area contributed by atoms with E-state index in [-0.39, 0.29) is 0 Å². The first kappa shape index (κ1) is 10.3. The van der Waals surface area contributed by atoms with Crippen molar-refractivity contribution in [2.75, 3.05) is 0 Å². The summed E-state index contributed by atoms with van der Waals surface area (Å²) < 4.78 is 39.3. The predicted molar refractivity (Wildman–Crippen MR) is 43.4 cm³/mol. The van der Waals surface area contributed by atoms with Crippen molar-refractivity contribution in [3.63, 3.8) is 0 Å². The molecule has 0 aliphatic heterocycles. The molecule has 0 fully saturated rings. The Balaban J connectivity index is 2.86. The number of nitrogens with zero attached hydrogens (tertiary/aromatic N) is 1. The van der Waals surface area contributed by atoms with E-state index in [1.165, 1.54) is 12.3 Å². The number of aryl methyl sites for hydroxylation is 1. The second kappa shape index (κ2) is 3.53. The fraction of sp³-hybridized carbons (Fsp3) is 0.286. The molecule has 0 spiro atoms. The molecule has 0 N–H and O–H groups in total. The number of aromatic nitrogens is 1. The fourth-order valence-corrected chi connectivity index (χ4v) is 0.905. The van der Waals surface area contributed by atoms with E-state index in [1.807, 2.05) is 0 Å². The zero-order chi connectivity index (χ0) is 10.1. The fourth-order valence-electron chi connectivity index (χ4n) is 0.688. The quantitative estimate of drug-likeness (QED) is 0.770. The Morgan fingerprint density at radius 1 is 1.46 bits per heavy atom. The van der Waals surface area contributed by atoms with Gasteiger partial charge in [-0.25, -0.2) is 4.98 Å². The van der Waals surface area contributed by atoms with Crippen molar-refractivity contribution in [1.29, 1.82) is 0 Å². The van der Waals surface area contributed by atoms with Crippen molar-refractivity contribution >= 4 is 15.9 Å². The summed E-state index contributed by atoms with van der Waals surface area (Å²) in [5.74, 6) is -0.451. The van der Waals surface area contributed by atoms with Gasteiger partial charge in [0.2, 0.25) is 5.88 Å². The highest BCUT2D eigenvalue weighted by molar-refractivity contribution is 9.10. The Kier molecular flexibility index (Phi) is 2.80. The summed E-state index contributed by atoms with van der Waals surface area (Å²) in [7, 11) is 0. The van der Waals surface area contributed by atoms with Gasteiger partial charge in [0, 0.05) is 16.7 Å². The average molecular weight is 256 g/mol. The van der Waals surface area contributed by atoms with Crippen LogP contribution in [0.1, 0.15) is 5.56 Å². The van der Waals surface area contributed by atoms with Gasteiger partial charge in [0.05, 0.1) is 0 Å². The van der Waals surface area contributed by atoms with E-state index in [4.69, 9.17) is 0 Å². The van der Waals surface area contributed by atoms with Gasteiger partial charge < -0.3 is 4.74 Å². The molecule has 0 aliphatic carbocycles. The molecule has 0 unspecified atom stereocenters. The summed E-state index contributed by atoms with van der Waals surface area (Å²) in [5.41, 5.74) is 0.634. The third kappa shape index (κ3) is 3.22. The average Bonchev–Trinajstić information content (AvgIpc) is 1.94. The third-order valence-corrected chi connectivity index (χ3v) is 2.07. The van der Waals surface area contributed by atoms with Crippen molar-refractivity contribution in [2.45, 2.75) is 13.3 Å².